The standard InChI is InChI=1S/C9H12F3N3O3S/c10-9(11,12)8(16)4-15-6-1-5(13)2-7(3-6)19(14,17)18/h1-3,8,15-16H,4,13H2,(H2,14,17,18). The van der Waals surface area contributed by atoms with Crippen molar-refractivity contribution in [2.24, 2.45) is 5.14 Å². The molecule has 6 N–H and O–H groups in total. The molecular formula is C9H12F3N3O3S. The third-order valence-electron chi connectivity index (χ3n) is 2.13. The minimum absolute atomic E-state index is 0.00678. The highest BCUT2D eigenvalue weighted by Crippen LogP contribution is 2.22. The molecule has 0 heterocycles. The topological polar surface area (TPSA) is 118 Å². The van der Waals surface area contributed by atoms with Crippen LogP contribution in [0.2, 0.25) is 0 Å². The van der Waals surface area contributed by atoms with Gasteiger partial charge in [-0.1, -0.05) is 0 Å². The van der Waals surface area contributed by atoms with Crippen molar-refractivity contribution in [1.29, 1.82) is 0 Å². The molecule has 1 unspecified atom stereocenters. The van der Waals surface area contributed by atoms with E-state index in [1.54, 1.807) is 0 Å². The van der Waals surface area contributed by atoms with Crippen LogP contribution >= 0.6 is 0 Å². The first-order chi connectivity index (χ1) is 8.50. The van der Waals surface area contributed by atoms with Gasteiger partial charge in [0.05, 0.1) is 4.90 Å². The smallest absolute Gasteiger partial charge is 0.399 e. The fourth-order valence-electron chi connectivity index (χ4n) is 1.22. The number of nitrogens with one attached hydrogen (secondary N) is 1. The van der Waals surface area contributed by atoms with E-state index < -0.39 is 28.8 Å². The Hall–Kier alpha value is -1.52. The van der Waals surface area contributed by atoms with Crippen molar-refractivity contribution in [3.05, 3.63) is 18.2 Å². The first-order valence-corrected chi connectivity index (χ1v) is 6.47. The van der Waals surface area contributed by atoms with E-state index in [0.29, 0.717) is 0 Å². The van der Waals surface area contributed by atoms with Gasteiger partial charge >= 0.3 is 6.18 Å². The van der Waals surface area contributed by atoms with Gasteiger partial charge in [-0.3, -0.25) is 0 Å². The molecular weight excluding hydrogens is 287 g/mol. The van der Waals surface area contributed by atoms with Crippen molar-refractivity contribution in [3.8, 4) is 0 Å². The summed E-state index contributed by atoms with van der Waals surface area (Å²) in [5.74, 6) is 0. The van der Waals surface area contributed by atoms with Crippen molar-refractivity contribution >= 4 is 21.4 Å². The molecule has 0 aromatic heterocycles. The average molecular weight is 299 g/mol. The Kier molecular flexibility index (Phi) is 4.28. The molecule has 108 valence electrons. The van der Waals surface area contributed by atoms with Gasteiger partial charge < -0.3 is 16.2 Å². The van der Waals surface area contributed by atoms with E-state index in [1.165, 1.54) is 6.07 Å². The quantitative estimate of drug-likeness (QED) is 0.594. The molecule has 0 saturated carbocycles. The Morgan fingerprint density at radius 3 is 2.37 bits per heavy atom. The number of rotatable bonds is 4. The van der Waals surface area contributed by atoms with E-state index in [-0.39, 0.29) is 16.3 Å². The number of anilines is 2. The normalized spacial score (nSPS) is 14.2. The summed E-state index contributed by atoms with van der Waals surface area (Å²) in [4.78, 5) is -0.337. The monoisotopic (exact) mass is 299 g/mol. The number of hydrogen-bond acceptors (Lipinski definition) is 5. The number of aliphatic hydroxyl groups excluding tert-OH is 1. The van der Waals surface area contributed by atoms with E-state index in [0.717, 1.165) is 12.1 Å². The van der Waals surface area contributed by atoms with Crippen molar-refractivity contribution < 1.29 is 26.7 Å². The number of sulfonamides is 1. The lowest BCUT2D eigenvalue weighted by Gasteiger charge is -2.16. The fraction of sp³-hybridized carbons (Fsp3) is 0.333. The van der Waals surface area contributed by atoms with E-state index in [4.69, 9.17) is 16.0 Å². The summed E-state index contributed by atoms with van der Waals surface area (Å²) >= 11 is 0. The largest absolute Gasteiger partial charge is 0.416 e. The van der Waals surface area contributed by atoms with E-state index >= 15 is 0 Å². The number of alkyl halides is 3. The maximum atomic E-state index is 12.1. The van der Waals surface area contributed by atoms with E-state index in [2.05, 4.69) is 5.32 Å². The van der Waals surface area contributed by atoms with Crippen LogP contribution in [-0.4, -0.2) is 32.3 Å². The lowest BCUT2D eigenvalue weighted by atomic mass is 10.2. The molecule has 0 bridgehead atoms. The molecule has 1 aromatic rings. The molecule has 0 aliphatic heterocycles. The minimum Gasteiger partial charge on any atom is -0.399 e. The Morgan fingerprint density at radius 1 is 1.32 bits per heavy atom. The van der Waals surface area contributed by atoms with Crippen LogP contribution in [0.15, 0.2) is 23.1 Å². The van der Waals surface area contributed by atoms with Gasteiger partial charge in [0.15, 0.2) is 6.10 Å². The third kappa shape index (κ3) is 4.58. The molecule has 1 atom stereocenters. The highest BCUT2D eigenvalue weighted by Gasteiger charge is 2.37. The van der Waals surface area contributed by atoms with Crippen LogP contribution in [0.1, 0.15) is 0 Å². The Morgan fingerprint density at radius 2 is 1.89 bits per heavy atom. The number of nitrogens with two attached hydrogens (primary N) is 2. The van der Waals surface area contributed by atoms with E-state index in [9.17, 15) is 21.6 Å². The molecule has 0 spiro atoms. The molecule has 0 aliphatic carbocycles. The Bertz CT molecular complexity index is 560. The van der Waals surface area contributed by atoms with Crippen molar-refractivity contribution in [1.82, 2.24) is 0 Å². The van der Waals surface area contributed by atoms with Crippen LogP contribution in [0, 0.1) is 0 Å². The van der Waals surface area contributed by atoms with Gasteiger partial charge in [0.2, 0.25) is 10.0 Å². The summed E-state index contributed by atoms with van der Waals surface area (Å²) in [6, 6.07) is 3.31. The second-order valence-electron chi connectivity index (χ2n) is 3.77. The van der Waals surface area contributed by atoms with Crippen LogP contribution in [-0.2, 0) is 10.0 Å². The molecule has 0 aliphatic rings. The molecule has 1 aromatic carbocycles. The first kappa shape index (κ1) is 15.5. The molecule has 0 fully saturated rings. The number of hydrogen-bond donors (Lipinski definition) is 4. The zero-order valence-corrected chi connectivity index (χ0v) is 10.3. The van der Waals surface area contributed by atoms with Gasteiger partial charge in [-0.25, -0.2) is 13.6 Å². The van der Waals surface area contributed by atoms with Crippen LogP contribution in [0.4, 0.5) is 24.5 Å². The number of halogens is 3. The number of aliphatic hydroxyl groups is 1. The molecule has 19 heavy (non-hydrogen) atoms. The lowest BCUT2D eigenvalue weighted by molar-refractivity contribution is -0.198. The zero-order valence-electron chi connectivity index (χ0n) is 9.48. The predicted octanol–water partition coefficient (Wildman–Crippen LogP) is 0.251. The average Bonchev–Trinajstić information content (AvgIpc) is 2.22. The van der Waals surface area contributed by atoms with Gasteiger partial charge in [0.25, 0.3) is 0 Å². The molecule has 10 heteroatoms. The Balaban J connectivity index is 2.89. The van der Waals surface area contributed by atoms with Crippen molar-refractivity contribution in [3.63, 3.8) is 0 Å². The summed E-state index contributed by atoms with van der Waals surface area (Å²) < 4.78 is 58.4. The van der Waals surface area contributed by atoms with Gasteiger partial charge in [-0.05, 0) is 18.2 Å². The summed E-state index contributed by atoms with van der Waals surface area (Å²) in [5, 5.41) is 15.9. The summed E-state index contributed by atoms with van der Waals surface area (Å²) in [7, 11) is -4.02. The van der Waals surface area contributed by atoms with Crippen LogP contribution in [0.5, 0.6) is 0 Å². The van der Waals surface area contributed by atoms with Crippen molar-refractivity contribution in [2.75, 3.05) is 17.6 Å². The Labute approximate surface area is 107 Å². The van der Waals surface area contributed by atoms with Crippen molar-refractivity contribution in [2.45, 2.75) is 17.2 Å². The van der Waals surface area contributed by atoms with Crippen LogP contribution < -0.4 is 16.2 Å². The molecule has 0 saturated heterocycles. The SMILES string of the molecule is Nc1cc(NCC(O)C(F)(F)F)cc(S(N)(=O)=O)c1. The maximum absolute atomic E-state index is 12.1. The van der Waals surface area contributed by atoms with Crippen LogP contribution in [0.3, 0.4) is 0 Å². The number of benzene rings is 1. The summed E-state index contributed by atoms with van der Waals surface area (Å²) in [6.45, 7) is -0.836. The van der Waals surface area contributed by atoms with Gasteiger partial charge in [-0.15, -0.1) is 0 Å². The fourth-order valence-corrected chi connectivity index (χ4v) is 1.81. The minimum atomic E-state index is -4.77. The zero-order chi connectivity index (χ0) is 14.8. The van der Waals surface area contributed by atoms with E-state index in [1.807, 2.05) is 0 Å². The van der Waals surface area contributed by atoms with Gasteiger partial charge in [-0.2, -0.15) is 13.2 Å². The predicted molar refractivity (Wildman–Crippen MR) is 62.8 cm³/mol. The molecule has 0 radical (unpaired) electrons. The number of nitrogen functional groups attached to an aromatic ring is 1. The maximum Gasteiger partial charge on any atom is 0.416 e. The highest BCUT2D eigenvalue weighted by atomic mass is 32.2. The van der Waals surface area contributed by atoms with Gasteiger partial charge in [0, 0.05) is 17.9 Å². The summed E-state index contributed by atoms with van der Waals surface area (Å²) in [5.41, 5.74) is 5.42. The third-order valence-corrected chi connectivity index (χ3v) is 3.03. The highest BCUT2D eigenvalue weighted by molar-refractivity contribution is 7.89. The second kappa shape index (κ2) is 5.23. The van der Waals surface area contributed by atoms with Crippen LogP contribution in [0.25, 0.3) is 0 Å². The number of primary sulfonamides is 1. The first-order valence-electron chi connectivity index (χ1n) is 4.92. The second-order valence-corrected chi connectivity index (χ2v) is 5.34. The lowest BCUT2D eigenvalue weighted by Crippen LogP contribution is -2.35. The molecule has 6 nitrogen and oxygen atoms in total. The molecule has 0 amide bonds. The van der Waals surface area contributed by atoms with Gasteiger partial charge in [0.1, 0.15) is 0 Å². The molecule has 1 rings (SSSR count). The summed E-state index contributed by atoms with van der Waals surface area (Å²) in [6.07, 6.45) is -7.34.